The van der Waals surface area contributed by atoms with Gasteiger partial charge < -0.3 is 5.32 Å². The van der Waals surface area contributed by atoms with Crippen molar-refractivity contribution in [2.24, 2.45) is 0 Å². The maximum absolute atomic E-state index is 13.1. The Kier molecular flexibility index (Phi) is 3.46. The first kappa shape index (κ1) is 12.8. The number of ketones is 1. The SMILES string of the molecule is O=C1CCCc2nc(NCc3cccc(F)c3)ccc21. The van der Waals surface area contributed by atoms with Gasteiger partial charge in [-0.15, -0.1) is 0 Å². The Morgan fingerprint density at radius 3 is 2.95 bits per heavy atom. The van der Waals surface area contributed by atoms with Crippen LogP contribution in [-0.2, 0) is 13.0 Å². The van der Waals surface area contributed by atoms with E-state index in [0.29, 0.717) is 13.0 Å². The standard InChI is InChI=1S/C16H15FN2O/c17-12-4-1-3-11(9-12)10-18-16-8-7-13-14(19-16)5-2-6-15(13)20/h1,3-4,7-9H,2,5-6,10H2,(H,18,19). The Labute approximate surface area is 116 Å². The molecule has 0 atom stereocenters. The predicted molar refractivity (Wildman–Crippen MR) is 75.2 cm³/mol. The summed E-state index contributed by atoms with van der Waals surface area (Å²) in [5, 5.41) is 3.16. The molecule has 0 bridgehead atoms. The highest BCUT2D eigenvalue weighted by molar-refractivity contribution is 5.98. The van der Waals surface area contributed by atoms with Gasteiger partial charge in [-0.25, -0.2) is 9.37 Å². The number of aromatic nitrogens is 1. The molecule has 0 unspecified atom stereocenters. The number of hydrogen-bond donors (Lipinski definition) is 1. The van der Waals surface area contributed by atoms with E-state index in [1.54, 1.807) is 12.1 Å². The molecule has 0 saturated heterocycles. The van der Waals surface area contributed by atoms with Gasteiger partial charge in [0.1, 0.15) is 11.6 Å². The molecule has 1 aliphatic carbocycles. The lowest BCUT2D eigenvalue weighted by molar-refractivity contribution is 0.0971. The van der Waals surface area contributed by atoms with E-state index in [4.69, 9.17) is 0 Å². The third kappa shape index (κ3) is 2.69. The van der Waals surface area contributed by atoms with Gasteiger partial charge in [-0.05, 0) is 42.7 Å². The first-order chi connectivity index (χ1) is 9.72. The van der Waals surface area contributed by atoms with Crippen LogP contribution in [0.15, 0.2) is 36.4 Å². The van der Waals surface area contributed by atoms with Crippen LogP contribution in [0.25, 0.3) is 0 Å². The molecule has 0 fully saturated rings. The lowest BCUT2D eigenvalue weighted by atomic mass is 9.95. The maximum Gasteiger partial charge on any atom is 0.164 e. The maximum atomic E-state index is 13.1. The van der Waals surface area contributed by atoms with Crippen molar-refractivity contribution < 1.29 is 9.18 Å². The molecule has 1 aliphatic rings. The van der Waals surface area contributed by atoms with Crippen molar-refractivity contribution in [2.45, 2.75) is 25.8 Å². The van der Waals surface area contributed by atoms with Crippen molar-refractivity contribution in [3.8, 4) is 0 Å². The fourth-order valence-electron chi connectivity index (χ4n) is 2.43. The average molecular weight is 270 g/mol. The number of hydrogen-bond acceptors (Lipinski definition) is 3. The summed E-state index contributed by atoms with van der Waals surface area (Å²) in [5.74, 6) is 0.659. The van der Waals surface area contributed by atoms with Crippen LogP contribution >= 0.6 is 0 Å². The fraction of sp³-hybridized carbons (Fsp3) is 0.250. The van der Waals surface area contributed by atoms with Crippen LogP contribution in [0.2, 0.25) is 0 Å². The minimum absolute atomic E-state index is 0.176. The fourth-order valence-corrected chi connectivity index (χ4v) is 2.43. The highest BCUT2D eigenvalue weighted by Crippen LogP contribution is 2.21. The van der Waals surface area contributed by atoms with Crippen LogP contribution in [-0.4, -0.2) is 10.8 Å². The Hall–Kier alpha value is -2.23. The molecule has 102 valence electrons. The molecule has 0 amide bonds. The quantitative estimate of drug-likeness (QED) is 0.930. The van der Waals surface area contributed by atoms with Crippen molar-refractivity contribution in [1.82, 2.24) is 4.98 Å². The number of nitrogens with zero attached hydrogens (tertiary/aromatic N) is 1. The van der Waals surface area contributed by atoms with Gasteiger partial charge in [0.2, 0.25) is 0 Å². The zero-order valence-electron chi connectivity index (χ0n) is 11.0. The summed E-state index contributed by atoms with van der Waals surface area (Å²) in [6.45, 7) is 0.511. The van der Waals surface area contributed by atoms with Crippen LogP contribution in [0.3, 0.4) is 0 Å². The van der Waals surface area contributed by atoms with E-state index in [0.717, 1.165) is 35.5 Å². The van der Waals surface area contributed by atoms with Gasteiger partial charge in [-0.2, -0.15) is 0 Å². The van der Waals surface area contributed by atoms with Crippen LogP contribution in [0.4, 0.5) is 10.2 Å². The highest BCUT2D eigenvalue weighted by atomic mass is 19.1. The molecule has 0 saturated carbocycles. The van der Waals surface area contributed by atoms with Crippen LogP contribution in [0.5, 0.6) is 0 Å². The zero-order chi connectivity index (χ0) is 13.9. The first-order valence-corrected chi connectivity index (χ1v) is 6.74. The highest BCUT2D eigenvalue weighted by Gasteiger charge is 2.18. The largest absolute Gasteiger partial charge is 0.366 e. The number of benzene rings is 1. The van der Waals surface area contributed by atoms with E-state index in [2.05, 4.69) is 10.3 Å². The first-order valence-electron chi connectivity index (χ1n) is 6.74. The molecule has 3 rings (SSSR count). The number of Topliss-reactive ketones (excluding diaryl/α,β-unsaturated/α-hetero) is 1. The number of halogens is 1. The number of anilines is 1. The summed E-state index contributed by atoms with van der Waals surface area (Å²) >= 11 is 0. The van der Waals surface area contributed by atoms with E-state index in [1.165, 1.54) is 12.1 Å². The van der Waals surface area contributed by atoms with Crippen LogP contribution in [0, 0.1) is 5.82 Å². The van der Waals surface area contributed by atoms with Gasteiger partial charge >= 0.3 is 0 Å². The Morgan fingerprint density at radius 2 is 2.10 bits per heavy atom. The zero-order valence-corrected chi connectivity index (χ0v) is 11.0. The molecule has 1 heterocycles. The Balaban J connectivity index is 1.74. The Bertz CT molecular complexity index is 655. The van der Waals surface area contributed by atoms with Gasteiger partial charge in [-0.1, -0.05) is 12.1 Å². The smallest absolute Gasteiger partial charge is 0.164 e. The molecule has 2 aromatic rings. The van der Waals surface area contributed by atoms with Gasteiger partial charge in [0.15, 0.2) is 5.78 Å². The molecular weight excluding hydrogens is 255 g/mol. The average Bonchev–Trinajstić information content (AvgIpc) is 2.45. The van der Waals surface area contributed by atoms with Gasteiger partial charge in [0.25, 0.3) is 0 Å². The lowest BCUT2D eigenvalue weighted by Gasteiger charge is -2.15. The summed E-state index contributed by atoms with van der Waals surface area (Å²) in [4.78, 5) is 16.2. The summed E-state index contributed by atoms with van der Waals surface area (Å²) in [7, 11) is 0. The number of pyridine rings is 1. The third-order valence-electron chi connectivity index (χ3n) is 3.45. The number of carbonyl (C=O) groups is 1. The number of fused-ring (bicyclic) bond motifs is 1. The molecule has 3 nitrogen and oxygen atoms in total. The minimum atomic E-state index is -0.242. The summed E-state index contributed by atoms with van der Waals surface area (Å²) < 4.78 is 13.1. The summed E-state index contributed by atoms with van der Waals surface area (Å²) in [6.07, 6.45) is 2.33. The molecular formula is C16H15FN2O. The van der Waals surface area contributed by atoms with Gasteiger partial charge in [0.05, 0.1) is 5.69 Å². The minimum Gasteiger partial charge on any atom is -0.366 e. The Morgan fingerprint density at radius 1 is 1.20 bits per heavy atom. The molecule has 1 aromatic heterocycles. The van der Waals surface area contributed by atoms with E-state index in [-0.39, 0.29) is 11.6 Å². The van der Waals surface area contributed by atoms with Crippen LogP contribution < -0.4 is 5.32 Å². The molecule has 1 N–H and O–H groups in total. The molecule has 0 radical (unpaired) electrons. The molecule has 0 aliphatic heterocycles. The van der Waals surface area contributed by atoms with Crippen LogP contribution in [0.1, 0.15) is 34.5 Å². The van der Waals surface area contributed by atoms with Crippen molar-refractivity contribution in [3.05, 3.63) is 59.0 Å². The normalized spacial score (nSPS) is 13.9. The second-order valence-electron chi connectivity index (χ2n) is 4.95. The lowest BCUT2D eigenvalue weighted by Crippen LogP contribution is -2.13. The number of aryl methyl sites for hydroxylation is 1. The third-order valence-corrected chi connectivity index (χ3v) is 3.45. The van der Waals surface area contributed by atoms with E-state index in [1.807, 2.05) is 12.1 Å². The molecule has 1 aromatic carbocycles. The van der Waals surface area contributed by atoms with E-state index < -0.39 is 0 Å². The topological polar surface area (TPSA) is 42.0 Å². The monoisotopic (exact) mass is 270 g/mol. The van der Waals surface area contributed by atoms with Crippen molar-refractivity contribution in [1.29, 1.82) is 0 Å². The molecule has 20 heavy (non-hydrogen) atoms. The number of rotatable bonds is 3. The molecule has 0 spiro atoms. The van der Waals surface area contributed by atoms with E-state index in [9.17, 15) is 9.18 Å². The summed E-state index contributed by atoms with van der Waals surface area (Å²) in [6, 6.07) is 10.1. The van der Waals surface area contributed by atoms with E-state index >= 15 is 0 Å². The number of nitrogens with one attached hydrogen (secondary N) is 1. The van der Waals surface area contributed by atoms with Gasteiger partial charge in [-0.3, -0.25) is 4.79 Å². The van der Waals surface area contributed by atoms with Crippen molar-refractivity contribution in [3.63, 3.8) is 0 Å². The number of carbonyl (C=O) groups excluding carboxylic acids is 1. The molecule has 4 heteroatoms. The van der Waals surface area contributed by atoms with Crippen molar-refractivity contribution >= 4 is 11.6 Å². The second kappa shape index (κ2) is 5.41. The van der Waals surface area contributed by atoms with Gasteiger partial charge in [0, 0.05) is 18.5 Å². The summed E-state index contributed by atoms with van der Waals surface area (Å²) in [5.41, 5.74) is 2.47. The van der Waals surface area contributed by atoms with Crippen molar-refractivity contribution in [2.75, 3.05) is 5.32 Å². The second-order valence-corrected chi connectivity index (χ2v) is 4.95. The predicted octanol–water partition coefficient (Wildman–Crippen LogP) is 3.35.